The van der Waals surface area contributed by atoms with E-state index in [0.29, 0.717) is 12.2 Å². The first-order valence-electron chi connectivity index (χ1n) is 6.47. The first kappa shape index (κ1) is 14.7. The average Bonchev–Trinajstić information content (AvgIpc) is 2.59. The van der Waals surface area contributed by atoms with Gasteiger partial charge in [0.25, 0.3) is 5.91 Å². The van der Waals surface area contributed by atoms with Crippen molar-refractivity contribution in [3.05, 3.63) is 11.8 Å². The van der Waals surface area contributed by atoms with Gasteiger partial charge in [0.1, 0.15) is 11.4 Å². The van der Waals surface area contributed by atoms with Crippen LogP contribution in [-0.2, 0) is 18.3 Å². The maximum Gasteiger partial charge on any atom is 0.257 e. The summed E-state index contributed by atoms with van der Waals surface area (Å²) >= 11 is 0. The van der Waals surface area contributed by atoms with E-state index in [9.17, 15) is 9.90 Å². The number of carbonyl (C=O) groups excluding carboxylic acids is 1. The van der Waals surface area contributed by atoms with Crippen molar-refractivity contribution in [3.8, 4) is 0 Å². The maximum atomic E-state index is 11.9. The van der Waals surface area contributed by atoms with Gasteiger partial charge in [0, 0.05) is 13.1 Å². The molecule has 2 N–H and O–H groups in total. The second-order valence-corrected chi connectivity index (χ2v) is 4.87. The minimum absolute atomic E-state index is 0.379. The van der Waals surface area contributed by atoms with Crippen molar-refractivity contribution in [2.75, 3.05) is 5.32 Å². The Kier molecular flexibility index (Phi) is 4.90. The molecule has 0 saturated carbocycles. The molecule has 1 heterocycles. The van der Waals surface area contributed by atoms with Crippen molar-refractivity contribution in [1.82, 2.24) is 9.78 Å². The number of nitrogens with one attached hydrogen (secondary N) is 1. The minimum atomic E-state index is -1.33. The summed E-state index contributed by atoms with van der Waals surface area (Å²) in [5.41, 5.74) is -0.380. The van der Waals surface area contributed by atoms with E-state index in [-0.39, 0.29) is 5.91 Å². The molecule has 0 fully saturated rings. The normalized spacial score (nSPS) is 14.3. The zero-order valence-corrected chi connectivity index (χ0v) is 11.7. The summed E-state index contributed by atoms with van der Waals surface area (Å²) in [7, 11) is 1.78. The second kappa shape index (κ2) is 6.00. The lowest BCUT2D eigenvalue weighted by Crippen LogP contribution is -2.40. The molecule has 0 saturated heterocycles. The third-order valence-corrected chi connectivity index (χ3v) is 2.90. The lowest BCUT2D eigenvalue weighted by atomic mass is 10.00. The van der Waals surface area contributed by atoms with Gasteiger partial charge in [-0.25, -0.2) is 0 Å². The number of aromatic nitrogens is 2. The fourth-order valence-corrected chi connectivity index (χ4v) is 1.87. The van der Waals surface area contributed by atoms with Crippen molar-refractivity contribution in [2.45, 2.75) is 52.1 Å². The minimum Gasteiger partial charge on any atom is -0.380 e. The average molecular weight is 253 g/mol. The Hall–Kier alpha value is -1.36. The monoisotopic (exact) mass is 253 g/mol. The van der Waals surface area contributed by atoms with Crippen LogP contribution >= 0.6 is 0 Å². The largest absolute Gasteiger partial charge is 0.380 e. The Morgan fingerprint density at radius 3 is 2.72 bits per heavy atom. The molecule has 102 valence electrons. The second-order valence-electron chi connectivity index (χ2n) is 4.87. The number of hydrogen-bond acceptors (Lipinski definition) is 3. The summed E-state index contributed by atoms with van der Waals surface area (Å²) in [6.45, 7) is 5.55. The molecule has 0 aliphatic carbocycles. The Labute approximate surface area is 108 Å². The molecule has 1 atom stereocenters. The third-order valence-electron chi connectivity index (χ3n) is 2.90. The van der Waals surface area contributed by atoms with Crippen molar-refractivity contribution >= 4 is 11.7 Å². The molecule has 0 aliphatic rings. The SMILES string of the molecule is CCCc1cc(NC(=O)C(C)(O)CCC)n(C)n1. The van der Waals surface area contributed by atoms with Crippen LogP contribution < -0.4 is 5.32 Å². The Morgan fingerprint density at radius 2 is 2.17 bits per heavy atom. The first-order valence-corrected chi connectivity index (χ1v) is 6.47. The van der Waals surface area contributed by atoms with E-state index < -0.39 is 5.60 Å². The Balaban J connectivity index is 2.75. The molecule has 18 heavy (non-hydrogen) atoms. The van der Waals surface area contributed by atoms with Crippen LogP contribution in [0, 0.1) is 0 Å². The number of anilines is 1. The van der Waals surface area contributed by atoms with Crippen LogP contribution in [0.5, 0.6) is 0 Å². The van der Waals surface area contributed by atoms with E-state index in [2.05, 4.69) is 17.3 Å². The third kappa shape index (κ3) is 3.57. The predicted molar refractivity (Wildman–Crippen MR) is 71.4 cm³/mol. The van der Waals surface area contributed by atoms with Gasteiger partial charge in [0.2, 0.25) is 0 Å². The number of aryl methyl sites for hydroxylation is 2. The van der Waals surface area contributed by atoms with Gasteiger partial charge in [-0.2, -0.15) is 5.10 Å². The quantitative estimate of drug-likeness (QED) is 0.813. The van der Waals surface area contributed by atoms with E-state index >= 15 is 0 Å². The van der Waals surface area contributed by atoms with Crippen molar-refractivity contribution < 1.29 is 9.90 Å². The van der Waals surface area contributed by atoms with E-state index in [4.69, 9.17) is 0 Å². The lowest BCUT2D eigenvalue weighted by Gasteiger charge is -2.21. The number of amides is 1. The van der Waals surface area contributed by atoms with Gasteiger partial charge in [-0.1, -0.05) is 26.7 Å². The van der Waals surface area contributed by atoms with Crippen LogP contribution in [0.15, 0.2) is 6.07 Å². The van der Waals surface area contributed by atoms with Gasteiger partial charge >= 0.3 is 0 Å². The van der Waals surface area contributed by atoms with Gasteiger partial charge in [-0.15, -0.1) is 0 Å². The van der Waals surface area contributed by atoms with Crippen LogP contribution in [0.4, 0.5) is 5.82 Å². The molecule has 1 amide bonds. The van der Waals surface area contributed by atoms with Crippen molar-refractivity contribution in [3.63, 3.8) is 0 Å². The highest BCUT2D eigenvalue weighted by molar-refractivity contribution is 5.96. The number of carbonyl (C=O) groups is 1. The fourth-order valence-electron chi connectivity index (χ4n) is 1.87. The van der Waals surface area contributed by atoms with Gasteiger partial charge in [0.05, 0.1) is 5.69 Å². The molecule has 0 bridgehead atoms. The summed E-state index contributed by atoms with van der Waals surface area (Å²) in [4.78, 5) is 11.9. The van der Waals surface area contributed by atoms with Crippen LogP contribution in [0.2, 0.25) is 0 Å². The zero-order valence-electron chi connectivity index (χ0n) is 11.7. The molecule has 0 radical (unpaired) electrons. The van der Waals surface area contributed by atoms with E-state index in [0.717, 1.165) is 25.0 Å². The lowest BCUT2D eigenvalue weighted by molar-refractivity contribution is -0.133. The summed E-state index contributed by atoms with van der Waals surface area (Å²) in [6, 6.07) is 1.85. The molecule has 0 spiro atoms. The smallest absolute Gasteiger partial charge is 0.257 e. The maximum absolute atomic E-state index is 11.9. The Morgan fingerprint density at radius 1 is 1.50 bits per heavy atom. The molecule has 1 rings (SSSR count). The molecular formula is C13H23N3O2. The van der Waals surface area contributed by atoms with Gasteiger partial charge in [-0.05, 0) is 19.8 Å². The van der Waals surface area contributed by atoms with Gasteiger partial charge < -0.3 is 10.4 Å². The molecule has 5 nitrogen and oxygen atoms in total. The molecule has 1 aromatic rings. The van der Waals surface area contributed by atoms with Crippen molar-refractivity contribution in [1.29, 1.82) is 0 Å². The highest BCUT2D eigenvalue weighted by Gasteiger charge is 2.29. The molecular weight excluding hydrogens is 230 g/mol. The van der Waals surface area contributed by atoms with Crippen molar-refractivity contribution in [2.24, 2.45) is 7.05 Å². The van der Waals surface area contributed by atoms with E-state index in [1.54, 1.807) is 11.7 Å². The summed E-state index contributed by atoms with van der Waals surface area (Å²) in [5, 5.41) is 17.0. The molecule has 0 aliphatic heterocycles. The predicted octanol–water partition coefficient (Wildman–Crippen LogP) is 1.86. The molecule has 1 unspecified atom stereocenters. The number of hydrogen-bond donors (Lipinski definition) is 2. The van der Waals surface area contributed by atoms with Crippen LogP contribution in [0.25, 0.3) is 0 Å². The molecule has 1 aromatic heterocycles. The molecule has 5 heteroatoms. The standard InChI is InChI=1S/C13H23N3O2/c1-5-7-10-9-11(16(4)15-10)14-12(17)13(3,18)8-6-2/h9,18H,5-8H2,1-4H3,(H,14,17). The van der Waals surface area contributed by atoms with Gasteiger partial charge in [0.15, 0.2) is 0 Å². The Bertz CT molecular complexity index is 410. The highest BCUT2D eigenvalue weighted by atomic mass is 16.3. The topological polar surface area (TPSA) is 67.2 Å². The molecule has 0 aromatic carbocycles. The summed E-state index contributed by atoms with van der Waals surface area (Å²) in [5.74, 6) is 0.246. The summed E-state index contributed by atoms with van der Waals surface area (Å²) < 4.78 is 1.63. The number of rotatable bonds is 6. The zero-order chi connectivity index (χ0) is 13.8. The van der Waals surface area contributed by atoms with E-state index in [1.165, 1.54) is 6.92 Å². The summed E-state index contributed by atoms with van der Waals surface area (Å²) in [6.07, 6.45) is 3.10. The van der Waals surface area contributed by atoms with E-state index in [1.807, 2.05) is 13.0 Å². The number of aliphatic hydroxyl groups is 1. The number of nitrogens with zero attached hydrogens (tertiary/aromatic N) is 2. The van der Waals surface area contributed by atoms with Crippen LogP contribution in [0.1, 0.15) is 45.7 Å². The van der Waals surface area contributed by atoms with Crippen LogP contribution in [0.3, 0.4) is 0 Å². The highest BCUT2D eigenvalue weighted by Crippen LogP contribution is 2.17. The van der Waals surface area contributed by atoms with Gasteiger partial charge in [-0.3, -0.25) is 9.48 Å². The first-order chi connectivity index (χ1) is 8.40. The fraction of sp³-hybridized carbons (Fsp3) is 0.692. The van der Waals surface area contributed by atoms with Crippen LogP contribution in [-0.4, -0.2) is 26.4 Å².